The van der Waals surface area contributed by atoms with Gasteiger partial charge in [0.05, 0.1) is 12.8 Å². The van der Waals surface area contributed by atoms with Crippen molar-refractivity contribution in [3.05, 3.63) is 82.3 Å². The number of hydrogen-bond donors (Lipinski definition) is 3. The van der Waals surface area contributed by atoms with Gasteiger partial charge in [-0.15, -0.1) is 0 Å². The van der Waals surface area contributed by atoms with Crippen molar-refractivity contribution in [1.82, 2.24) is 5.43 Å². The van der Waals surface area contributed by atoms with Crippen LogP contribution in [-0.4, -0.2) is 37.1 Å². The Balaban J connectivity index is 1.46. The summed E-state index contributed by atoms with van der Waals surface area (Å²) in [6.45, 7) is 4.32. The molecule has 0 unspecified atom stereocenters. The molecule has 10 heteroatoms. The first-order valence-corrected chi connectivity index (χ1v) is 12.3. The van der Waals surface area contributed by atoms with E-state index in [1.165, 1.54) is 6.21 Å². The second-order valence-corrected chi connectivity index (χ2v) is 8.81. The number of halogens is 1. The molecule has 0 saturated carbocycles. The van der Waals surface area contributed by atoms with Gasteiger partial charge in [0.15, 0.2) is 6.61 Å². The van der Waals surface area contributed by atoms with E-state index >= 15 is 0 Å². The molecule has 3 aromatic rings. The van der Waals surface area contributed by atoms with Crippen LogP contribution in [0.2, 0.25) is 0 Å². The van der Waals surface area contributed by atoms with Crippen molar-refractivity contribution in [3.8, 4) is 11.5 Å². The third-order valence-electron chi connectivity index (χ3n) is 4.86. The quantitative estimate of drug-likeness (QED) is 0.187. The van der Waals surface area contributed by atoms with Crippen LogP contribution in [0.4, 0.5) is 11.4 Å². The number of amides is 3. The molecule has 3 amide bonds. The van der Waals surface area contributed by atoms with Crippen LogP contribution in [0.5, 0.6) is 11.5 Å². The van der Waals surface area contributed by atoms with Crippen molar-refractivity contribution in [2.45, 2.75) is 20.3 Å². The molecule has 0 aliphatic heterocycles. The summed E-state index contributed by atoms with van der Waals surface area (Å²) in [6.07, 6.45) is 2.25. The number of carbonyl (C=O) groups is 3. The largest absolute Gasteiger partial charge is 0.494 e. The molecule has 0 aromatic heterocycles. The lowest BCUT2D eigenvalue weighted by Crippen LogP contribution is -2.32. The number of carbonyl (C=O) groups excluding carboxylic acids is 3. The molecule has 0 atom stereocenters. The minimum absolute atomic E-state index is 0.182. The molecule has 37 heavy (non-hydrogen) atoms. The summed E-state index contributed by atoms with van der Waals surface area (Å²) < 4.78 is 12.0. The summed E-state index contributed by atoms with van der Waals surface area (Å²) in [5, 5.41) is 9.11. The van der Waals surface area contributed by atoms with Gasteiger partial charge < -0.3 is 20.1 Å². The standard InChI is InChI=1S/C27H27BrN4O5/c1-3-13-36-22-10-8-21(9-11-22)30-26(34)27(35)32-29-16-19-5-4-6-23(15-19)37-17-25(33)31-24-12-7-20(28)14-18(24)2/h4-12,14-16H,3,13,17H2,1-2H3,(H,30,34)(H,31,33)(H,32,35)/b29-16-. The minimum atomic E-state index is -0.921. The normalized spacial score (nSPS) is 10.6. The molecule has 0 fully saturated rings. The van der Waals surface area contributed by atoms with Crippen molar-refractivity contribution < 1.29 is 23.9 Å². The van der Waals surface area contributed by atoms with Gasteiger partial charge in [0.2, 0.25) is 0 Å². The molecule has 3 rings (SSSR count). The van der Waals surface area contributed by atoms with E-state index in [4.69, 9.17) is 9.47 Å². The Bertz CT molecular complexity index is 1280. The van der Waals surface area contributed by atoms with Gasteiger partial charge in [-0.05, 0) is 79.1 Å². The number of nitrogens with zero attached hydrogens (tertiary/aromatic N) is 1. The lowest BCUT2D eigenvalue weighted by molar-refractivity contribution is -0.136. The maximum Gasteiger partial charge on any atom is 0.329 e. The van der Waals surface area contributed by atoms with E-state index in [-0.39, 0.29) is 12.5 Å². The number of ether oxygens (including phenoxy) is 2. The van der Waals surface area contributed by atoms with E-state index < -0.39 is 11.8 Å². The molecule has 0 aliphatic carbocycles. The predicted octanol–water partition coefficient (Wildman–Crippen LogP) is 4.65. The summed E-state index contributed by atoms with van der Waals surface area (Å²) in [7, 11) is 0. The second kappa shape index (κ2) is 13.8. The molecule has 0 aliphatic rings. The zero-order valence-electron chi connectivity index (χ0n) is 20.4. The van der Waals surface area contributed by atoms with Gasteiger partial charge in [-0.25, -0.2) is 5.43 Å². The van der Waals surface area contributed by atoms with E-state index in [1.807, 2.05) is 32.0 Å². The third-order valence-corrected chi connectivity index (χ3v) is 5.35. The summed E-state index contributed by atoms with van der Waals surface area (Å²) in [5.41, 5.74) is 4.87. The van der Waals surface area contributed by atoms with Crippen LogP contribution in [0.3, 0.4) is 0 Å². The van der Waals surface area contributed by atoms with Crippen LogP contribution in [0.25, 0.3) is 0 Å². The smallest absolute Gasteiger partial charge is 0.329 e. The van der Waals surface area contributed by atoms with Crippen molar-refractivity contribution in [3.63, 3.8) is 0 Å². The fraction of sp³-hybridized carbons (Fsp3) is 0.185. The lowest BCUT2D eigenvalue weighted by Gasteiger charge is -2.10. The first-order chi connectivity index (χ1) is 17.8. The van der Waals surface area contributed by atoms with Crippen molar-refractivity contribution in [2.24, 2.45) is 5.10 Å². The van der Waals surface area contributed by atoms with Crippen LogP contribution >= 0.6 is 15.9 Å². The van der Waals surface area contributed by atoms with E-state index in [9.17, 15) is 14.4 Å². The minimum Gasteiger partial charge on any atom is -0.494 e. The summed E-state index contributed by atoms with van der Waals surface area (Å²) in [6, 6.07) is 19.1. The number of hydrogen-bond acceptors (Lipinski definition) is 6. The van der Waals surface area contributed by atoms with Gasteiger partial charge in [0, 0.05) is 15.8 Å². The predicted molar refractivity (Wildman–Crippen MR) is 146 cm³/mol. The first-order valence-electron chi connectivity index (χ1n) is 11.5. The number of nitrogens with one attached hydrogen (secondary N) is 3. The highest BCUT2D eigenvalue weighted by molar-refractivity contribution is 9.10. The summed E-state index contributed by atoms with van der Waals surface area (Å²) in [5.74, 6) is -0.952. The van der Waals surface area contributed by atoms with Gasteiger partial charge in [0.1, 0.15) is 11.5 Å². The van der Waals surface area contributed by atoms with E-state index in [0.29, 0.717) is 35.0 Å². The molecule has 0 spiro atoms. The highest BCUT2D eigenvalue weighted by atomic mass is 79.9. The highest BCUT2D eigenvalue weighted by Crippen LogP contribution is 2.20. The van der Waals surface area contributed by atoms with Crippen LogP contribution in [0.1, 0.15) is 24.5 Å². The number of aryl methyl sites for hydroxylation is 1. The highest BCUT2D eigenvalue weighted by Gasteiger charge is 2.13. The van der Waals surface area contributed by atoms with E-state index in [1.54, 1.807) is 48.5 Å². The third kappa shape index (κ3) is 9.08. The molecule has 3 N–H and O–H groups in total. The Morgan fingerprint density at radius 1 is 0.919 bits per heavy atom. The zero-order chi connectivity index (χ0) is 26.6. The first kappa shape index (κ1) is 27.4. The average Bonchev–Trinajstić information content (AvgIpc) is 2.89. The monoisotopic (exact) mass is 566 g/mol. The summed E-state index contributed by atoms with van der Waals surface area (Å²) in [4.78, 5) is 36.4. The van der Waals surface area contributed by atoms with Crippen molar-refractivity contribution in [2.75, 3.05) is 23.8 Å². The SMILES string of the molecule is CCCOc1ccc(NC(=O)C(=O)N/N=C\c2cccc(OCC(=O)Nc3ccc(Br)cc3C)c2)cc1. The maximum atomic E-state index is 12.2. The molecular weight excluding hydrogens is 540 g/mol. The fourth-order valence-corrected chi connectivity index (χ4v) is 3.52. The molecule has 3 aromatic carbocycles. The lowest BCUT2D eigenvalue weighted by atomic mass is 10.2. The van der Waals surface area contributed by atoms with Gasteiger partial charge in [-0.2, -0.15) is 5.10 Å². The summed E-state index contributed by atoms with van der Waals surface area (Å²) >= 11 is 3.39. The Morgan fingerprint density at radius 3 is 2.43 bits per heavy atom. The van der Waals surface area contributed by atoms with Gasteiger partial charge in [0.25, 0.3) is 5.91 Å². The number of anilines is 2. The Morgan fingerprint density at radius 2 is 1.70 bits per heavy atom. The van der Waals surface area contributed by atoms with Gasteiger partial charge in [-0.1, -0.05) is 35.0 Å². The molecule has 0 radical (unpaired) electrons. The molecule has 192 valence electrons. The zero-order valence-corrected chi connectivity index (χ0v) is 22.0. The van der Waals surface area contributed by atoms with E-state index in [2.05, 4.69) is 37.1 Å². The Hall–Kier alpha value is -4.18. The van der Waals surface area contributed by atoms with Crippen LogP contribution in [0.15, 0.2) is 76.3 Å². The maximum absolute atomic E-state index is 12.2. The molecular formula is C27H27BrN4O5. The molecule has 0 saturated heterocycles. The average molecular weight is 567 g/mol. The molecule has 0 bridgehead atoms. The Labute approximate surface area is 223 Å². The fourth-order valence-electron chi connectivity index (χ4n) is 3.05. The van der Waals surface area contributed by atoms with Crippen molar-refractivity contribution >= 4 is 51.2 Å². The number of rotatable bonds is 10. The molecule has 0 heterocycles. The van der Waals surface area contributed by atoms with Gasteiger partial charge in [-0.3, -0.25) is 14.4 Å². The van der Waals surface area contributed by atoms with Crippen LogP contribution < -0.4 is 25.5 Å². The molecule has 9 nitrogen and oxygen atoms in total. The number of benzene rings is 3. The van der Waals surface area contributed by atoms with Gasteiger partial charge >= 0.3 is 11.8 Å². The second-order valence-electron chi connectivity index (χ2n) is 7.89. The number of hydrazone groups is 1. The topological polar surface area (TPSA) is 118 Å². The van der Waals surface area contributed by atoms with Crippen LogP contribution in [-0.2, 0) is 14.4 Å². The van der Waals surface area contributed by atoms with Crippen LogP contribution in [0, 0.1) is 6.92 Å². The Kier molecular flexibility index (Phi) is 10.2. The van der Waals surface area contributed by atoms with Crippen molar-refractivity contribution in [1.29, 1.82) is 0 Å². The van der Waals surface area contributed by atoms with E-state index in [0.717, 1.165) is 16.5 Å².